The molecule has 0 spiro atoms. The molecule has 1 N–H and O–H groups in total. The van der Waals surface area contributed by atoms with Gasteiger partial charge in [-0.2, -0.15) is 0 Å². The molecule has 206 valence electrons. The highest BCUT2D eigenvalue weighted by molar-refractivity contribution is 7.27. The molecule has 7 aromatic carbocycles. The lowest BCUT2D eigenvalue weighted by Crippen LogP contribution is -1.83. The van der Waals surface area contributed by atoms with Crippen molar-refractivity contribution in [3.05, 3.63) is 158 Å². The van der Waals surface area contributed by atoms with Gasteiger partial charge in [-0.1, -0.05) is 140 Å². The molecular formula is C42H27NS. The first-order valence-electron chi connectivity index (χ1n) is 15.0. The summed E-state index contributed by atoms with van der Waals surface area (Å²) in [4.78, 5) is 3.79. The van der Waals surface area contributed by atoms with Crippen LogP contribution in [0.2, 0.25) is 0 Å². The van der Waals surface area contributed by atoms with Crippen molar-refractivity contribution in [3.8, 4) is 44.5 Å². The zero-order chi connectivity index (χ0) is 29.0. The van der Waals surface area contributed by atoms with Gasteiger partial charge in [0, 0.05) is 42.0 Å². The Labute approximate surface area is 259 Å². The summed E-state index contributed by atoms with van der Waals surface area (Å²) in [5.41, 5.74) is 12.3. The first kappa shape index (κ1) is 25.1. The van der Waals surface area contributed by atoms with Crippen LogP contribution in [0.25, 0.3) is 86.5 Å². The summed E-state index contributed by atoms with van der Waals surface area (Å²) >= 11 is 1.92. The molecule has 9 aromatic rings. The third kappa shape index (κ3) is 4.00. The lowest BCUT2D eigenvalue weighted by Gasteiger charge is -2.09. The fourth-order valence-electron chi connectivity index (χ4n) is 6.70. The summed E-state index contributed by atoms with van der Waals surface area (Å²) < 4.78 is 2.66. The topological polar surface area (TPSA) is 15.8 Å². The first-order valence-corrected chi connectivity index (χ1v) is 15.8. The fraction of sp³-hybridized carbons (Fsp3) is 0. The molecule has 2 heterocycles. The molecule has 0 aliphatic carbocycles. The molecular weight excluding hydrogens is 551 g/mol. The van der Waals surface area contributed by atoms with Crippen molar-refractivity contribution in [2.75, 3.05) is 0 Å². The highest BCUT2D eigenvalue weighted by Crippen LogP contribution is 2.48. The van der Waals surface area contributed by atoms with Gasteiger partial charge >= 0.3 is 0 Å². The van der Waals surface area contributed by atoms with Crippen LogP contribution < -0.4 is 0 Å². The fourth-order valence-corrected chi connectivity index (χ4v) is 8.12. The molecule has 0 aliphatic rings. The Morgan fingerprint density at radius 1 is 0.341 bits per heavy atom. The predicted octanol–water partition coefficient (Wildman–Crippen LogP) is 12.4. The first-order chi connectivity index (χ1) is 21.8. The molecule has 2 heteroatoms. The minimum absolute atomic E-state index is 1.17. The SMILES string of the molecule is c1ccc(-c2ccc(-c3cc4[nH]c5ccc(-c6ccccc6)cc5c4c4sc5c(-c6ccccc6)cccc5c34)cc2)cc1. The summed E-state index contributed by atoms with van der Waals surface area (Å²) in [6, 6.07) is 57.1. The van der Waals surface area contributed by atoms with Gasteiger partial charge in [-0.25, -0.2) is 0 Å². The number of hydrogen-bond donors (Lipinski definition) is 1. The molecule has 44 heavy (non-hydrogen) atoms. The van der Waals surface area contributed by atoms with Crippen molar-refractivity contribution in [2.45, 2.75) is 0 Å². The van der Waals surface area contributed by atoms with Crippen molar-refractivity contribution in [1.82, 2.24) is 4.98 Å². The lowest BCUT2D eigenvalue weighted by molar-refractivity contribution is 1.54. The van der Waals surface area contributed by atoms with E-state index in [1.54, 1.807) is 0 Å². The van der Waals surface area contributed by atoms with Crippen LogP contribution in [-0.4, -0.2) is 4.98 Å². The van der Waals surface area contributed by atoms with Crippen LogP contribution in [0, 0.1) is 0 Å². The largest absolute Gasteiger partial charge is 0.354 e. The molecule has 0 bridgehead atoms. The van der Waals surface area contributed by atoms with E-state index in [0.29, 0.717) is 0 Å². The Balaban J connectivity index is 1.36. The number of rotatable bonds is 4. The number of benzene rings is 7. The van der Waals surface area contributed by atoms with Crippen molar-refractivity contribution >= 4 is 53.3 Å². The molecule has 2 aromatic heterocycles. The average molecular weight is 578 g/mol. The van der Waals surface area contributed by atoms with Gasteiger partial charge in [-0.05, 0) is 62.7 Å². The molecule has 9 rings (SSSR count). The molecule has 0 atom stereocenters. The summed E-state index contributed by atoms with van der Waals surface area (Å²) in [5.74, 6) is 0. The van der Waals surface area contributed by atoms with Crippen LogP contribution in [0.4, 0.5) is 0 Å². The number of hydrogen-bond acceptors (Lipinski definition) is 1. The van der Waals surface area contributed by atoms with Crippen molar-refractivity contribution in [1.29, 1.82) is 0 Å². The van der Waals surface area contributed by atoms with E-state index in [4.69, 9.17) is 0 Å². The zero-order valence-corrected chi connectivity index (χ0v) is 24.7. The maximum absolute atomic E-state index is 3.79. The second-order valence-electron chi connectivity index (χ2n) is 11.4. The average Bonchev–Trinajstić information content (AvgIpc) is 3.67. The Hall–Kier alpha value is -5.44. The van der Waals surface area contributed by atoms with Gasteiger partial charge in [0.2, 0.25) is 0 Å². The van der Waals surface area contributed by atoms with Gasteiger partial charge in [-0.3, -0.25) is 0 Å². The van der Waals surface area contributed by atoms with E-state index in [0.717, 1.165) is 0 Å². The second kappa shape index (κ2) is 10.1. The maximum atomic E-state index is 3.79. The van der Waals surface area contributed by atoms with Gasteiger partial charge in [-0.15, -0.1) is 11.3 Å². The highest BCUT2D eigenvalue weighted by atomic mass is 32.1. The number of nitrogens with one attached hydrogen (secondary N) is 1. The maximum Gasteiger partial charge on any atom is 0.0485 e. The Morgan fingerprint density at radius 3 is 1.61 bits per heavy atom. The molecule has 0 saturated heterocycles. The van der Waals surface area contributed by atoms with E-state index in [2.05, 4.69) is 163 Å². The molecule has 0 amide bonds. The smallest absolute Gasteiger partial charge is 0.0485 e. The van der Waals surface area contributed by atoms with Crippen LogP contribution in [0.1, 0.15) is 0 Å². The van der Waals surface area contributed by atoms with Gasteiger partial charge in [0.05, 0.1) is 0 Å². The third-order valence-corrected chi connectivity index (χ3v) is 10.1. The standard InChI is InChI=1S/C42H27NS/c1-4-11-27(12-5-1)29-19-21-31(22-20-29)35-26-38-40(36-25-32(23-24-37(36)43-38)28-13-6-2-7-14-28)42-39(35)34-18-10-17-33(41(34)44-42)30-15-8-3-9-16-30/h1-26,43H. The van der Waals surface area contributed by atoms with E-state index < -0.39 is 0 Å². The van der Waals surface area contributed by atoms with Gasteiger partial charge in [0.15, 0.2) is 0 Å². The van der Waals surface area contributed by atoms with Crippen LogP contribution in [0.15, 0.2) is 158 Å². The van der Waals surface area contributed by atoms with Crippen LogP contribution in [0.3, 0.4) is 0 Å². The normalized spacial score (nSPS) is 11.6. The van der Waals surface area contributed by atoms with Crippen LogP contribution in [-0.2, 0) is 0 Å². The third-order valence-electron chi connectivity index (χ3n) is 8.82. The minimum atomic E-state index is 1.17. The Morgan fingerprint density at radius 2 is 0.909 bits per heavy atom. The van der Waals surface area contributed by atoms with E-state index >= 15 is 0 Å². The Kier molecular flexibility index (Phi) is 5.75. The zero-order valence-electron chi connectivity index (χ0n) is 23.9. The number of aromatic amines is 1. The monoisotopic (exact) mass is 577 g/mol. The number of fused-ring (bicyclic) bond motifs is 7. The molecule has 0 aliphatic heterocycles. The summed E-state index contributed by atoms with van der Waals surface area (Å²) in [6.07, 6.45) is 0. The summed E-state index contributed by atoms with van der Waals surface area (Å²) in [6.45, 7) is 0. The van der Waals surface area contributed by atoms with Crippen molar-refractivity contribution < 1.29 is 0 Å². The van der Waals surface area contributed by atoms with Crippen LogP contribution >= 0.6 is 11.3 Å². The lowest BCUT2D eigenvalue weighted by atomic mass is 9.94. The predicted molar refractivity (Wildman–Crippen MR) is 190 cm³/mol. The van der Waals surface area contributed by atoms with E-state index in [9.17, 15) is 0 Å². The van der Waals surface area contributed by atoms with Crippen molar-refractivity contribution in [2.24, 2.45) is 0 Å². The van der Waals surface area contributed by atoms with Crippen LogP contribution in [0.5, 0.6) is 0 Å². The molecule has 0 fully saturated rings. The quantitative estimate of drug-likeness (QED) is 0.214. The van der Waals surface area contributed by atoms with E-state index in [1.807, 2.05) is 11.3 Å². The number of thiophene rings is 1. The van der Waals surface area contributed by atoms with Crippen molar-refractivity contribution in [3.63, 3.8) is 0 Å². The van der Waals surface area contributed by atoms with E-state index in [1.165, 1.54) is 86.5 Å². The van der Waals surface area contributed by atoms with Gasteiger partial charge < -0.3 is 4.98 Å². The Bertz CT molecular complexity index is 2450. The highest BCUT2D eigenvalue weighted by Gasteiger charge is 2.20. The van der Waals surface area contributed by atoms with E-state index in [-0.39, 0.29) is 0 Å². The second-order valence-corrected chi connectivity index (χ2v) is 12.4. The summed E-state index contributed by atoms with van der Waals surface area (Å²) in [5, 5.41) is 5.21. The molecule has 1 nitrogen and oxygen atoms in total. The van der Waals surface area contributed by atoms with Gasteiger partial charge in [0.25, 0.3) is 0 Å². The number of H-pyrrole nitrogens is 1. The molecule has 0 saturated carbocycles. The minimum Gasteiger partial charge on any atom is -0.354 e. The molecule has 0 unspecified atom stereocenters. The molecule has 0 radical (unpaired) electrons. The summed E-state index contributed by atoms with van der Waals surface area (Å²) in [7, 11) is 0. The van der Waals surface area contributed by atoms with Gasteiger partial charge in [0.1, 0.15) is 0 Å². The number of aromatic nitrogens is 1.